The molecule has 0 aliphatic carbocycles. The third-order valence-electron chi connectivity index (χ3n) is 6.62. The quantitative estimate of drug-likeness (QED) is 0.814. The van der Waals surface area contributed by atoms with Crippen molar-refractivity contribution in [3.8, 4) is 17.2 Å². The van der Waals surface area contributed by atoms with Crippen molar-refractivity contribution in [2.24, 2.45) is 0 Å². The summed E-state index contributed by atoms with van der Waals surface area (Å²) in [6.07, 6.45) is 4.04. The summed E-state index contributed by atoms with van der Waals surface area (Å²) in [5.41, 5.74) is 2.72. The first-order valence-corrected chi connectivity index (χ1v) is 10.7. The fourth-order valence-electron chi connectivity index (χ4n) is 4.89. The summed E-state index contributed by atoms with van der Waals surface area (Å²) in [5.74, 6) is 2.80. The smallest absolute Gasteiger partial charge is 0.137 e. The van der Waals surface area contributed by atoms with Crippen molar-refractivity contribution in [1.29, 1.82) is 0 Å². The lowest BCUT2D eigenvalue weighted by Crippen LogP contribution is -2.44. The van der Waals surface area contributed by atoms with Crippen LogP contribution in [0.3, 0.4) is 0 Å². The molecule has 3 aliphatic heterocycles. The molecule has 1 saturated heterocycles. The summed E-state index contributed by atoms with van der Waals surface area (Å²) in [6, 6.07) is 14.5. The summed E-state index contributed by atoms with van der Waals surface area (Å²) in [7, 11) is 0. The number of hydrogen-bond acceptors (Lipinski definition) is 5. The van der Waals surface area contributed by atoms with Crippen LogP contribution in [0.4, 0.5) is 0 Å². The highest BCUT2D eigenvalue weighted by molar-refractivity contribution is 5.48. The van der Waals surface area contributed by atoms with E-state index < -0.39 is 0 Å². The summed E-state index contributed by atoms with van der Waals surface area (Å²) < 4.78 is 18.1. The van der Waals surface area contributed by atoms with Gasteiger partial charge in [-0.1, -0.05) is 24.3 Å². The molecular formula is C24H29NO4. The first kappa shape index (κ1) is 18.8. The number of ether oxygens (including phenoxy) is 3. The van der Waals surface area contributed by atoms with Crippen molar-refractivity contribution in [3.05, 3.63) is 53.6 Å². The van der Waals surface area contributed by atoms with Crippen molar-refractivity contribution >= 4 is 0 Å². The van der Waals surface area contributed by atoms with Crippen molar-refractivity contribution in [2.45, 2.75) is 37.2 Å². The van der Waals surface area contributed by atoms with Crippen LogP contribution in [0.15, 0.2) is 42.5 Å². The molecule has 0 aromatic heterocycles. The van der Waals surface area contributed by atoms with Crippen LogP contribution in [-0.2, 0) is 11.8 Å². The number of nitrogens with zero attached hydrogens (tertiary/aromatic N) is 1. The Kier molecular flexibility index (Phi) is 5.10. The molecule has 1 spiro atoms. The van der Waals surface area contributed by atoms with Crippen LogP contribution < -0.4 is 14.2 Å². The Balaban J connectivity index is 1.19. The minimum Gasteiger partial charge on any atom is -0.492 e. The molecule has 0 saturated carbocycles. The third-order valence-corrected chi connectivity index (χ3v) is 6.62. The van der Waals surface area contributed by atoms with E-state index in [1.165, 1.54) is 11.1 Å². The van der Waals surface area contributed by atoms with E-state index in [1.54, 1.807) is 0 Å². The van der Waals surface area contributed by atoms with E-state index in [0.717, 1.165) is 69.2 Å². The maximum absolute atomic E-state index is 9.05. The molecule has 1 unspecified atom stereocenters. The first-order valence-electron chi connectivity index (χ1n) is 10.7. The Labute approximate surface area is 172 Å². The molecule has 154 valence electrons. The van der Waals surface area contributed by atoms with Crippen LogP contribution in [0.2, 0.25) is 0 Å². The maximum Gasteiger partial charge on any atom is 0.137 e. The number of fused-ring (bicyclic) bond motifs is 3. The largest absolute Gasteiger partial charge is 0.492 e. The van der Waals surface area contributed by atoms with E-state index >= 15 is 0 Å². The summed E-state index contributed by atoms with van der Waals surface area (Å²) in [4.78, 5) is 2.45. The number of aliphatic hydroxyl groups excluding tert-OH is 1. The highest BCUT2D eigenvalue weighted by atomic mass is 16.5. The predicted octanol–water partition coefficient (Wildman–Crippen LogP) is 3.18. The first-order chi connectivity index (χ1) is 14.3. The molecule has 0 bridgehead atoms. The molecule has 1 atom stereocenters. The van der Waals surface area contributed by atoms with Crippen LogP contribution in [0.1, 0.15) is 30.4 Å². The van der Waals surface area contributed by atoms with Gasteiger partial charge >= 0.3 is 0 Å². The Morgan fingerprint density at radius 1 is 1.10 bits per heavy atom. The zero-order valence-electron chi connectivity index (χ0n) is 16.8. The summed E-state index contributed by atoms with van der Waals surface area (Å²) in [5, 5.41) is 9.05. The lowest BCUT2D eigenvalue weighted by molar-refractivity contribution is 0.127. The Hall–Kier alpha value is -2.24. The second-order valence-corrected chi connectivity index (χ2v) is 8.51. The van der Waals surface area contributed by atoms with Gasteiger partial charge in [0.1, 0.15) is 30.0 Å². The monoisotopic (exact) mass is 395 g/mol. The van der Waals surface area contributed by atoms with Gasteiger partial charge < -0.3 is 24.2 Å². The van der Waals surface area contributed by atoms with Gasteiger partial charge in [0.2, 0.25) is 0 Å². The second kappa shape index (κ2) is 7.88. The molecule has 2 aromatic rings. The Bertz CT molecular complexity index is 835. The van der Waals surface area contributed by atoms with E-state index in [-0.39, 0.29) is 18.1 Å². The molecule has 2 aromatic carbocycles. The van der Waals surface area contributed by atoms with Gasteiger partial charge in [-0.2, -0.15) is 0 Å². The fourth-order valence-corrected chi connectivity index (χ4v) is 4.89. The molecule has 29 heavy (non-hydrogen) atoms. The average molecular weight is 395 g/mol. The van der Waals surface area contributed by atoms with Crippen LogP contribution in [0.25, 0.3) is 0 Å². The van der Waals surface area contributed by atoms with Gasteiger partial charge in [-0.15, -0.1) is 0 Å². The molecule has 5 nitrogen and oxygen atoms in total. The standard InChI is InChI=1S/C24H29NO4/c26-13-3-10-25-11-8-24(9-12-25)17-28-23-15-19(6-7-21(23)24)27-16-20-14-18-4-1-2-5-22(18)29-20/h1-2,4-7,15,20,26H,3,8-14,16-17H2. The molecule has 1 N–H and O–H groups in total. The molecule has 0 radical (unpaired) electrons. The number of piperidine rings is 1. The van der Waals surface area contributed by atoms with E-state index in [0.29, 0.717) is 6.61 Å². The molecule has 3 aliphatic rings. The molecule has 5 heteroatoms. The number of likely N-dealkylation sites (tertiary alicyclic amines) is 1. The number of hydrogen-bond donors (Lipinski definition) is 1. The normalized spacial score (nSPS) is 22.0. The number of para-hydroxylation sites is 1. The zero-order valence-corrected chi connectivity index (χ0v) is 16.8. The van der Waals surface area contributed by atoms with Gasteiger partial charge in [-0.25, -0.2) is 0 Å². The van der Waals surface area contributed by atoms with Crippen LogP contribution in [0.5, 0.6) is 17.2 Å². The minimum atomic E-state index is 0.0659. The molecule has 3 heterocycles. The highest BCUT2D eigenvalue weighted by Gasteiger charge is 2.43. The summed E-state index contributed by atoms with van der Waals surface area (Å²) >= 11 is 0. The van der Waals surface area contributed by atoms with Crippen LogP contribution in [0, 0.1) is 0 Å². The molecule has 0 amide bonds. The highest BCUT2D eigenvalue weighted by Crippen LogP contribution is 2.46. The van der Waals surface area contributed by atoms with E-state index in [2.05, 4.69) is 29.2 Å². The SMILES string of the molecule is OCCCN1CCC2(CC1)COc1cc(OCC3Cc4ccccc4O3)ccc12. The lowest BCUT2D eigenvalue weighted by Gasteiger charge is -2.38. The Morgan fingerprint density at radius 3 is 2.79 bits per heavy atom. The van der Waals surface area contributed by atoms with Crippen molar-refractivity contribution in [2.75, 3.05) is 39.5 Å². The number of benzene rings is 2. The van der Waals surface area contributed by atoms with Crippen LogP contribution >= 0.6 is 0 Å². The Morgan fingerprint density at radius 2 is 1.97 bits per heavy atom. The van der Waals surface area contributed by atoms with Gasteiger partial charge in [0.25, 0.3) is 0 Å². The molecule has 1 fully saturated rings. The minimum absolute atomic E-state index is 0.0659. The van der Waals surface area contributed by atoms with Crippen molar-refractivity contribution in [3.63, 3.8) is 0 Å². The van der Waals surface area contributed by atoms with Crippen molar-refractivity contribution in [1.82, 2.24) is 4.90 Å². The lowest BCUT2D eigenvalue weighted by atomic mass is 9.74. The van der Waals surface area contributed by atoms with E-state index in [1.807, 2.05) is 18.2 Å². The van der Waals surface area contributed by atoms with Gasteiger partial charge in [-0.05, 0) is 50.0 Å². The zero-order chi connectivity index (χ0) is 19.7. The average Bonchev–Trinajstić information content (AvgIpc) is 3.33. The van der Waals surface area contributed by atoms with Crippen molar-refractivity contribution < 1.29 is 19.3 Å². The summed E-state index contributed by atoms with van der Waals surface area (Å²) in [6.45, 7) is 4.70. The maximum atomic E-state index is 9.05. The predicted molar refractivity (Wildman–Crippen MR) is 111 cm³/mol. The van der Waals surface area contributed by atoms with Gasteiger partial charge in [0.15, 0.2) is 0 Å². The number of rotatable bonds is 6. The van der Waals surface area contributed by atoms with Gasteiger partial charge in [0.05, 0.1) is 6.61 Å². The fraction of sp³-hybridized carbons (Fsp3) is 0.500. The van der Waals surface area contributed by atoms with Gasteiger partial charge in [0, 0.05) is 36.6 Å². The molecule has 5 rings (SSSR count). The van der Waals surface area contributed by atoms with Crippen LogP contribution in [-0.4, -0.2) is 55.6 Å². The van der Waals surface area contributed by atoms with E-state index in [9.17, 15) is 0 Å². The topological polar surface area (TPSA) is 51.2 Å². The number of aliphatic hydroxyl groups is 1. The second-order valence-electron chi connectivity index (χ2n) is 8.51. The molecular weight excluding hydrogens is 366 g/mol. The third kappa shape index (κ3) is 3.69. The van der Waals surface area contributed by atoms with Gasteiger partial charge in [-0.3, -0.25) is 0 Å². The van der Waals surface area contributed by atoms with E-state index in [4.69, 9.17) is 19.3 Å².